The second-order valence-corrected chi connectivity index (χ2v) is 5.95. The molecule has 0 aliphatic carbocycles. The average molecular weight is 330 g/mol. The van der Waals surface area contributed by atoms with E-state index in [0.29, 0.717) is 30.8 Å². The summed E-state index contributed by atoms with van der Waals surface area (Å²) >= 11 is 0. The number of carbonyl (C=O) groups excluding carboxylic acids is 2. The maximum Gasteiger partial charge on any atom is 0.310 e. The lowest BCUT2D eigenvalue weighted by atomic mass is 9.97. The molecule has 1 fully saturated rings. The van der Waals surface area contributed by atoms with Gasteiger partial charge >= 0.3 is 5.97 Å². The van der Waals surface area contributed by atoms with Crippen molar-refractivity contribution in [3.8, 4) is 0 Å². The maximum atomic E-state index is 12.8. The third kappa shape index (κ3) is 3.11. The van der Waals surface area contributed by atoms with Crippen LogP contribution in [-0.2, 0) is 16.1 Å². The number of aryl methyl sites for hydroxylation is 1. The number of esters is 1. The predicted octanol–water partition coefficient (Wildman–Crippen LogP) is 1.87. The highest BCUT2D eigenvalue weighted by Crippen LogP contribution is 2.21. The topological polar surface area (TPSA) is 77.3 Å². The molecule has 2 aromatic rings. The van der Waals surface area contributed by atoms with Crippen LogP contribution < -0.4 is 0 Å². The van der Waals surface area contributed by atoms with Gasteiger partial charge in [-0.3, -0.25) is 9.59 Å². The highest BCUT2D eigenvalue weighted by atomic mass is 16.5. The van der Waals surface area contributed by atoms with Gasteiger partial charge in [0.05, 0.1) is 18.0 Å². The van der Waals surface area contributed by atoms with Gasteiger partial charge in [-0.05, 0) is 44.9 Å². The smallest absolute Gasteiger partial charge is 0.310 e. The van der Waals surface area contributed by atoms with E-state index in [9.17, 15) is 9.59 Å². The molecule has 1 aliphatic rings. The molecule has 0 bridgehead atoms. The summed E-state index contributed by atoms with van der Waals surface area (Å²) < 4.78 is 6.88. The summed E-state index contributed by atoms with van der Waals surface area (Å²) in [6.07, 6.45) is 1.58. The lowest BCUT2D eigenvalue weighted by Crippen LogP contribution is -2.42. The number of likely N-dealkylation sites (tertiary alicyclic amines) is 1. The zero-order chi connectivity index (χ0) is 17.1. The van der Waals surface area contributed by atoms with Crippen molar-refractivity contribution in [2.24, 2.45) is 5.92 Å². The standard InChI is InChI=1S/C17H22N4O3/c1-3-21-15-8-7-12(10-14(15)18-19-21)16(22)20-9-5-6-13(11-20)17(23)24-4-2/h7-8,10,13H,3-6,9,11H2,1-2H3. The van der Waals surface area contributed by atoms with Crippen LogP contribution in [0.25, 0.3) is 11.0 Å². The molecule has 1 aromatic carbocycles. The van der Waals surface area contributed by atoms with E-state index in [1.54, 1.807) is 28.6 Å². The van der Waals surface area contributed by atoms with Gasteiger partial charge in [-0.1, -0.05) is 5.21 Å². The first kappa shape index (κ1) is 16.4. The Balaban J connectivity index is 1.77. The van der Waals surface area contributed by atoms with E-state index in [-0.39, 0.29) is 17.8 Å². The van der Waals surface area contributed by atoms with Gasteiger partial charge < -0.3 is 9.64 Å². The Labute approximate surface area is 140 Å². The number of hydrogen-bond acceptors (Lipinski definition) is 5. The van der Waals surface area contributed by atoms with E-state index in [1.165, 1.54) is 0 Å². The van der Waals surface area contributed by atoms with E-state index in [1.807, 2.05) is 13.0 Å². The van der Waals surface area contributed by atoms with Gasteiger partial charge in [-0.15, -0.1) is 5.10 Å². The normalized spacial score (nSPS) is 17.9. The van der Waals surface area contributed by atoms with Crippen molar-refractivity contribution in [2.75, 3.05) is 19.7 Å². The molecule has 1 aromatic heterocycles. The van der Waals surface area contributed by atoms with Crippen LogP contribution in [0.4, 0.5) is 0 Å². The summed E-state index contributed by atoms with van der Waals surface area (Å²) in [5.41, 5.74) is 2.20. The number of benzene rings is 1. The highest BCUT2D eigenvalue weighted by molar-refractivity contribution is 5.97. The van der Waals surface area contributed by atoms with Crippen molar-refractivity contribution in [2.45, 2.75) is 33.2 Å². The van der Waals surface area contributed by atoms with Gasteiger partial charge in [0.2, 0.25) is 0 Å². The van der Waals surface area contributed by atoms with Crippen LogP contribution >= 0.6 is 0 Å². The van der Waals surface area contributed by atoms with Crippen molar-refractivity contribution in [3.05, 3.63) is 23.8 Å². The minimum atomic E-state index is -0.229. The molecule has 1 amide bonds. The van der Waals surface area contributed by atoms with Crippen LogP contribution in [0.3, 0.4) is 0 Å². The summed E-state index contributed by atoms with van der Waals surface area (Å²) in [7, 11) is 0. The van der Waals surface area contributed by atoms with Crippen LogP contribution in [0.2, 0.25) is 0 Å². The first-order valence-electron chi connectivity index (χ1n) is 8.43. The Bertz CT molecular complexity index is 755. The molecule has 0 spiro atoms. The van der Waals surface area contributed by atoms with Crippen LogP contribution in [0.1, 0.15) is 37.0 Å². The number of aromatic nitrogens is 3. The van der Waals surface area contributed by atoms with Gasteiger partial charge in [-0.2, -0.15) is 0 Å². The summed E-state index contributed by atoms with van der Waals surface area (Å²) in [5.74, 6) is -0.513. The predicted molar refractivity (Wildman–Crippen MR) is 88.5 cm³/mol. The van der Waals surface area contributed by atoms with Crippen molar-refractivity contribution in [3.63, 3.8) is 0 Å². The van der Waals surface area contributed by atoms with Crippen molar-refractivity contribution >= 4 is 22.9 Å². The van der Waals surface area contributed by atoms with E-state index in [2.05, 4.69) is 10.3 Å². The molecule has 0 saturated carbocycles. The summed E-state index contributed by atoms with van der Waals surface area (Å²) in [5, 5.41) is 8.18. The van der Waals surface area contributed by atoms with Gasteiger partial charge in [0, 0.05) is 25.2 Å². The number of ether oxygens (including phenoxy) is 1. The Morgan fingerprint density at radius 3 is 2.92 bits per heavy atom. The monoisotopic (exact) mass is 330 g/mol. The summed E-state index contributed by atoms with van der Waals surface area (Å²) in [4.78, 5) is 26.4. The van der Waals surface area contributed by atoms with E-state index in [4.69, 9.17) is 4.74 Å². The number of fused-ring (bicyclic) bond motifs is 1. The number of piperidine rings is 1. The minimum Gasteiger partial charge on any atom is -0.466 e. The molecule has 7 nitrogen and oxygen atoms in total. The van der Waals surface area contributed by atoms with Crippen LogP contribution in [-0.4, -0.2) is 51.5 Å². The largest absolute Gasteiger partial charge is 0.466 e. The lowest BCUT2D eigenvalue weighted by molar-refractivity contribution is -0.149. The fourth-order valence-corrected chi connectivity index (χ4v) is 3.14. The number of carbonyl (C=O) groups is 2. The fourth-order valence-electron chi connectivity index (χ4n) is 3.14. The first-order chi connectivity index (χ1) is 11.6. The third-order valence-electron chi connectivity index (χ3n) is 4.39. The Hall–Kier alpha value is -2.44. The molecular weight excluding hydrogens is 308 g/mol. The first-order valence-corrected chi connectivity index (χ1v) is 8.43. The summed E-state index contributed by atoms with van der Waals surface area (Å²) in [6.45, 7) is 5.97. The van der Waals surface area contributed by atoms with Crippen molar-refractivity contribution in [1.82, 2.24) is 19.9 Å². The fraction of sp³-hybridized carbons (Fsp3) is 0.529. The Morgan fingerprint density at radius 2 is 2.17 bits per heavy atom. The van der Waals surface area contributed by atoms with Gasteiger partial charge in [0.1, 0.15) is 5.52 Å². The summed E-state index contributed by atoms with van der Waals surface area (Å²) in [6, 6.07) is 5.44. The molecule has 0 N–H and O–H groups in total. The van der Waals surface area contributed by atoms with E-state index in [0.717, 1.165) is 24.9 Å². The van der Waals surface area contributed by atoms with Crippen molar-refractivity contribution < 1.29 is 14.3 Å². The van der Waals surface area contributed by atoms with E-state index >= 15 is 0 Å². The number of rotatable bonds is 4. The maximum absolute atomic E-state index is 12.8. The number of hydrogen-bond donors (Lipinski definition) is 0. The minimum absolute atomic E-state index is 0.0723. The Kier molecular flexibility index (Phi) is 4.78. The third-order valence-corrected chi connectivity index (χ3v) is 4.39. The second kappa shape index (κ2) is 6.98. The molecule has 0 radical (unpaired) electrons. The number of nitrogens with zero attached hydrogens (tertiary/aromatic N) is 4. The van der Waals surface area contributed by atoms with Gasteiger partial charge in [-0.25, -0.2) is 4.68 Å². The van der Waals surface area contributed by atoms with Crippen LogP contribution in [0.5, 0.6) is 0 Å². The molecule has 2 heterocycles. The molecule has 3 rings (SSSR count). The SMILES string of the molecule is CCOC(=O)C1CCCN(C(=O)c2ccc3c(c2)nnn3CC)C1. The molecule has 24 heavy (non-hydrogen) atoms. The molecular formula is C17H22N4O3. The average Bonchev–Trinajstić information content (AvgIpc) is 3.03. The van der Waals surface area contributed by atoms with Crippen molar-refractivity contribution in [1.29, 1.82) is 0 Å². The number of amides is 1. The molecule has 7 heteroatoms. The van der Waals surface area contributed by atoms with Crippen LogP contribution in [0.15, 0.2) is 18.2 Å². The quantitative estimate of drug-likeness (QED) is 0.800. The Morgan fingerprint density at radius 1 is 1.33 bits per heavy atom. The van der Waals surface area contributed by atoms with Crippen LogP contribution in [0, 0.1) is 5.92 Å². The zero-order valence-electron chi connectivity index (χ0n) is 14.1. The molecule has 1 unspecified atom stereocenters. The molecule has 1 atom stereocenters. The highest BCUT2D eigenvalue weighted by Gasteiger charge is 2.29. The molecule has 1 saturated heterocycles. The molecule has 128 valence electrons. The van der Waals surface area contributed by atoms with E-state index < -0.39 is 0 Å². The zero-order valence-corrected chi connectivity index (χ0v) is 14.1. The molecule has 1 aliphatic heterocycles. The second-order valence-electron chi connectivity index (χ2n) is 5.95. The van der Waals surface area contributed by atoms with Gasteiger partial charge in [0.15, 0.2) is 0 Å². The van der Waals surface area contributed by atoms with Gasteiger partial charge in [0.25, 0.3) is 5.91 Å². The lowest BCUT2D eigenvalue weighted by Gasteiger charge is -2.31.